The molecule has 0 saturated carbocycles. The van der Waals surface area contributed by atoms with Gasteiger partial charge in [0.2, 0.25) is 0 Å². The van der Waals surface area contributed by atoms with Crippen LogP contribution in [0.2, 0.25) is 0 Å². The molecule has 0 heterocycles. The first kappa shape index (κ1) is 13.8. The second-order valence-electron chi connectivity index (χ2n) is 5.56. The average molecular weight is 223 g/mol. The van der Waals surface area contributed by atoms with Crippen molar-refractivity contribution >= 4 is 0 Å². The van der Waals surface area contributed by atoms with E-state index in [9.17, 15) is 0 Å². The zero-order valence-corrected chi connectivity index (χ0v) is 11.4. The Hall–Kier alpha value is -0.300. The zero-order chi connectivity index (χ0) is 11.8. The van der Waals surface area contributed by atoms with Gasteiger partial charge in [0.05, 0.1) is 0 Å². The molecule has 1 aliphatic rings. The van der Waals surface area contributed by atoms with Crippen LogP contribution >= 0.6 is 0 Å². The monoisotopic (exact) mass is 223 g/mol. The highest BCUT2D eigenvalue weighted by molar-refractivity contribution is 5.06. The maximum atomic E-state index is 3.63. The lowest BCUT2D eigenvalue weighted by Gasteiger charge is -2.25. The normalized spacial score (nSPS) is 25.6. The summed E-state index contributed by atoms with van der Waals surface area (Å²) in [5, 5.41) is 3.63. The Kier molecular flexibility index (Phi) is 6.79. The number of nitrogens with one attached hydrogen (secondary N) is 1. The highest BCUT2D eigenvalue weighted by Crippen LogP contribution is 2.27. The van der Waals surface area contributed by atoms with Crippen LogP contribution in [0.15, 0.2) is 11.6 Å². The quantitative estimate of drug-likeness (QED) is 0.505. The van der Waals surface area contributed by atoms with Gasteiger partial charge in [0.25, 0.3) is 0 Å². The lowest BCUT2D eigenvalue weighted by atomic mass is 9.84. The van der Waals surface area contributed by atoms with Gasteiger partial charge < -0.3 is 5.32 Å². The maximum Gasteiger partial charge on any atom is -0.00172 e. The molecular weight excluding hydrogens is 194 g/mol. The Balaban J connectivity index is 2.03. The number of allylic oxidation sites excluding steroid dienone is 2. The van der Waals surface area contributed by atoms with Gasteiger partial charge in [-0.3, -0.25) is 0 Å². The van der Waals surface area contributed by atoms with E-state index >= 15 is 0 Å². The molecule has 0 spiro atoms. The van der Waals surface area contributed by atoms with E-state index < -0.39 is 0 Å². The molecule has 1 rings (SSSR count). The molecule has 1 aliphatic carbocycles. The first-order valence-corrected chi connectivity index (χ1v) is 7.10. The highest BCUT2D eigenvalue weighted by Gasteiger charge is 2.17. The smallest absolute Gasteiger partial charge is 0.00172 e. The van der Waals surface area contributed by atoms with E-state index in [0.29, 0.717) is 0 Å². The fourth-order valence-corrected chi connectivity index (χ4v) is 2.82. The molecule has 0 amide bonds. The summed E-state index contributed by atoms with van der Waals surface area (Å²) in [6, 6.07) is 0. The molecule has 0 aromatic carbocycles. The maximum absolute atomic E-state index is 3.63. The molecule has 0 aromatic heterocycles. The molecule has 0 aliphatic heterocycles. The van der Waals surface area contributed by atoms with Crippen molar-refractivity contribution in [2.75, 3.05) is 13.1 Å². The van der Waals surface area contributed by atoms with Crippen molar-refractivity contribution in [3.05, 3.63) is 11.6 Å². The Labute approximate surface area is 102 Å². The van der Waals surface area contributed by atoms with Crippen LogP contribution in [0.25, 0.3) is 0 Å². The van der Waals surface area contributed by atoms with Crippen LogP contribution in [0.5, 0.6) is 0 Å². The van der Waals surface area contributed by atoms with Crippen molar-refractivity contribution < 1.29 is 0 Å². The van der Waals surface area contributed by atoms with Gasteiger partial charge in [-0.15, -0.1) is 0 Å². The molecule has 94 valence electrons. The van der Waals surface area contributed by atoms with Crippen molar-refractivity contribution in [3.63, 3.8) is 0 Å². The number of unbranched alkanes of at least 4 members (excludes halogenated alkanes) is 3. The van der Waals surface area contributed by atoms with E-state index in [4.69, 9.17) is 0 Å². The SMILES string of the molecule is CCCCCCNCC1CC(C)=CC(C)C1. The second-order valence-corrected chi connectivity index (χ2v) is 5.56. The average Bonchev–Trinajstić information content (AvgIpc) is 2.22. The predicted octanol–water partition coefficient (Wildman–Crippen LogP) is 4.15. The summed E-state index contributed by atoms with van der Waals surface area (Å²) in [7, 11) is 0. The summed E-state index contributed by atoms with van der Waals surface area (Å²) in [6.07, 6.45) is 10.6. The number of hydrogen-bond donors (Lipinski definition) is 1. The largest absolute Gasteiger partial charge is 0.316 e. The van der Waals surface area contributed by atoms with Crippen molar-refractivity contribution in [2.24, 2.45) is 11.8 Å². The number of hydrogen-bond acceptors (Lipinski definition) is 1. The fraction of sp³-hybridized carbons (Fsp3) is 0.867. The minimum Gasteiger partial charge on any atom is -0.316 e. The Bertz CT molecular complexity index is 207. The van der Waals surface area contributed by atoms with Gasteiger partial charge in [0.15, 0.2) is 0 Å². The lowest BCUT2D eigenvalue weighted by molar-refractivity contribution is 0.380. The van der Waals surface area contributed by atoms with E-state index in [0.717, 1.165) is 11.8 Å². The molecular formula is C15H29N. The molecule has 0 radical (unpaired) electrons. The van der Waals surface area contributed by atoms with Crippen molar-refractivity contribution in [1.29, 1.82) is 0 Å². The Morgan fingerprint density at radius 2 is 2.12 bits per heavy atom. The van der Waals surface area contributed by atoms with Crippen LogP contribution in [0.4, 0.5) is 0 Å². The van der Waals surface area contributed by atoms with E-state index in [-0.39, 0.29) is 0 Å². The van der Waals surface area contributed by atoms with E-state index in [1.165, 1.54) is 51.6 Å². The van der Waals surface area contributed by atoms with Crippen LogP contribution in [-0.4, -0.2) is 13.1 Å². The topological polar surface area (TPSA) is 12.0 Å². The van der Waals surface area contributed by atoms with Crippen LogP contribution in [0.3, 0.4) is 0 Å². The molecule has 0 aromatic rings. The van der Waals surface area contributed by atoms with Crippen LogP contribution in [-0.2, 0) is 0 Å². The Morgan fingerprint density at radius 1 is 1.31 bits per heavy atom. The summed E-state index contributed by atoms with van der Waals surface area (Å²) in [5.41, 5.74) is 1.59. The third-order valence-corrected chi connectivity index (χ3v) is 3.52. The van der Waals surface area contributed by atoms with Gasteiger partial charge in [-0.1, -0.05) is 44.8 Å². The van der Waals surface area contributed by atoms with Gasteiger partial charge in [-0.05, 0) is 51.1 Å². The molecule has 1 nitrogen and oxygen atoms in total. The molecule has 16 heavy (non-hydrogen) atoms. The number of rotatable bonds is 7. The zero-order valence-electron chi connectivity index (χ0n) is 11.4. The molecule has 2 atom stereocenters. The van der Waals surface area contributed by atoms with Crippen LogP contribution in [0, 0.1) is 11.8 Å². The molecule has 0 saturated heterocycles. The summed E-state index contributed by atoms with van der Waals surface area (Å²) in [4.78, 5) is 0. The second kappa shape index (κ2) is 7.89. The highest BCUT2D eigenvalue weighted by atomic mass is 14.9. The molecule has 1 heteroatoms. The first-order chi connectivity index (χ1) is 7.72. The predicted molar refractivity (Wildman–Crippen MR) is 72.7 cm³/mol. The van der Waals surface area contributed by atoms with E-state index in [1.54, 1.807) is 5.57 Å². The van der Waals surface area contributed by atoms with Gasteiger partial charge in [0, 0.05) is 0 Å². The van der Waals surface area contributed by atoms with Crippen LogP contribution < -0.4 is 5.32 Å². The fourth-order valence-electron chi connectivity index (χ4n) is 2.82. The molecule has 2 unspecified atom stereocenters. The van der Waals surface area contributed by atoms with Crippen molar-refractivity contribution in [1.82, 2.24) is 5.32 Å². The van der Waals surface area contributed by atoms with Crippen molar-refractivity contribution in [2.45, 2.75) is 59.3 Å². The third-order valence-electron chi connectivity index (χ3n) is 3.52. The van der Waals surface area contributed by atoms with Gasteiger partial charge in [-0.2, -0.15) is 0 Å². The Morgan fingerprint density at radius 3 is 2.81 bits per heavy atom. The van der Waals surface area contributed by atoms with E-state index in [2.05, 4.69) is 32.2 Å². The molecule has 0 bridgehead atoms. The summed E-state index contributed by atoms with van der Waals surface area (Å²) < 4.78 is 0. The first-order valence-electron chi connectivity index (χ1n) is 7.10. The van der Waals surface area contributed by atoms with Gasteiger partial charge in [0.1, 0.15) is 0 Å². The molecule has 0 fully saturated rings. The van der Waals surface area contributed by atoms with Gasteiger partial charge >= 0.3 is 0 Å². The third kappa shape index (κ3) is 5.69. The summed E-state index contributed by atoms with van der Waals surface area (Å²) in [6.45, 7) is 9.34. The standard InChI is InChI=1S/C15H29N/c1-4-5-6-7-8-16-12-15-10-13(2)9-14(3)11-15/h9,13,15-16H,4-8,10-12H2,1-3H3. The van der Waals surface area contributed by atoms with Crippen molar-refractivity contribution in [3.8, 4) is 0 Å². The van der Waals surface area contributed by atoms with Crippen LogP contribution in [0.1, 0.15) is 59.3 Å². The minimum absolute atomic E-state index is 0.792. The minimum atomic E-state index is 0.792. The summed E-state index contributed by atoms with van der Waals surface area (Å²) >= 11 is 0. The van der Waals surface area contributed by atoms with E-state index in [1.807, 2.05) is 0 Å². The lowest BCUT2D eigenvalue weighted by Crippen LogP contribution is -2.26. The van der Waals surface area contributed by atoms with Gasteiger partial charge in [-0.25, -0.2) is 0 Å². The molecule has 1 N–H and O–H groups in total. The summed E-state index contributed by atoms with van der Waals surface area (Å²) in [5.74, 6) is 1.67.